The van der Waals surface area contributed by atoms with Gasteiger partial charge in [-0.1, -0.05) is 12.8 Å². The van der Waals surface area contributed by atoms with Crippen LogP contribution in [0.1, 0.15) is 12.5 Å². The summed E-state index contributed by atoms with van der Waals surface area (Å²) in [5, 5.41) is 0. The molecule has 7 heteroatoms. The Balaban J connectivity index is 3.44. The lowest BCUT2D eigenvalue weighted by Gasteiger charge is -2.18. The van der Waals surface area contributed by atoms with Gasteiger partial charge in [-0.25, -0.2) is 17.2 Å². The summed E-state index contributed by atoms with van der Waals surface area (Å²) < 4.78 is 52.3. The summed E-state index contributed by atoms with van der Waals surface area (Å²) in [5.74, 6) is -0.512. The zero-order valence-electron chi connectivity index (χ0n) is 10.4. The van der Waals surface area contributed by atoms with Crippen molar-refractivity contribution in [2.45, 2.75) is 18.4 Å². The van der Waals surface area contributed by atoms with E-state index in [1.165, 1.54) is 0 Å². The summed E-state index contributed by atoms with van der Waals surface area (Å²) in [6.45, 7) is 1.30. The molecule has 0 spiro atoms. The standard InChI is InChI=1S/C12H14F2N2O2S/c1-3-5-16(4-2)19(17,18)11-7-9(8-15)6-10(13)12(11)14/h1,6-7H,4-5,8,15H2,2H3. The van der Waals surface area contributed by atoms with Crippen molar-refractivity contribution in [3.05, 3.63) is 29.3 Å². The third kappa shape index (κ3) is 3.10. The van der Waals surface area contributed by atoms with Gasteiger partial charge in [-0.15, -0.1) is 6.42 Å². The number of terminal acetylenes is 1. The van der Waals surface area contributed by atoms with Crippen molar-refractivity contribution in [1.29, 1.82) is 0 Å². The maximum absolute atomic E-state index is 13.7. The molecule has 0 fully saturated rings. The molecule has 0 saturated carbocycles. The molecular formula is C12H14F2N2O2S. The van der Waals surface area contributed by atoms with E-state index in [-0.39, 0.29) is 25.2 Å². The van der Waals surface area contributed by atoms with Crippen molar-refractivity contribution in [3.8, 4) is 12.3 Å². The van der Waals surface area contributed by atoms with E-state index >= 15 is 0 Å². The zero-order chi connectivity index (χ0) is 14.6. The predicted molar refractivity (Wildman–Crippen MR) is 67.5 cm³/mol. The Labute approximate surface area is 111 Å². The Hall–Kier alpha value is -1.49. The number of halogens is 2. The third-order valence-electron chi connectivity index (χ3n) is 2.53. The number of nitrogens with two attached hydrogens (primary N) is 1. The molecule has 104 valence electrons. The minimum Gasteiger partial charge on any atom is -0.326 e. The van der Waals surface area contributed by atoms with Crippen LogP contribution in [-0.2, 0) is 16.6 Å². The molecule has 1 aromatic carbocycles. The lowest BCUT2D eigenvalue weighted by molar-refractivity contribution is 0.445. The van der Waals surface area contributed by atoms with Crippen molar-refractivity contribution in [3.63, 3.8) is 0 Å². The highest BCUT2D eigenvalue weighted by atomic mass is 32.2. The quantitative estimate of drug-likeness (QED) is 0.824. The second-order valence-corrected chi connectivity index (χ2v) is 5.64. The highest BCUT2D eigenvalue weighted by Crippen LogP contribution is 2.23. The SMILES string of the molecule is C#CCN(CC)S(=O)(=O)c1cc(CN)cc(F)c1F. The second kappa shape index (κ2) is 6.10. The fourth-order valence-electron chi connectivity index (χ4n) is 1.53. The monoisotopic (exact) mass is 288 g/mol. The molecule has 0 unspecified atom stereocenters. The second-order valence-electron chi connectivity index (χ2n) is 3.73. The molecule has 2 N–H and O–H groups in total. The molecule has 0 aliphatic rings. The van der Waals surface area contributed by atoms with E-state index in [4.69, 9.17) is 12.2 Å². The van der Waals surface area contributed by atoms with E-state index < -0.39 is 26.6 Å². The summed E-state index contributed by atoms with van der Waals surface area (Å²) in [6.07, 6.45) is 5.06. The normalized spacial score (nSPS) is 11.6. The van der Waals surface area contributed by atoms with Crippen LogP contribution in [0.4, 0.5) is 8.78 Å². The van der Waals surface area contributed by atoms with Gasteiger partial charge in [0.15, 0.2) is 11.6 Å². The average molecular weight is 288 g/mol. The van der Waals surface area contributed by atoms with E-state index in [0.29, 0.717) is 0 Å². The van der Waals surface area contributed by atoms with Crippen LogP contribution < -0.4 is 5.73 Å². The van der Waals surface area contributed by atoms with Crippen LogP contribution in [0.3, 0.4) is 0 Å². The van der Waals surface area contributed by atoms with E-state index in [9.17, 15) is 17.2 Å². The average Bonchev–Trinajstić information content (AvgIpc) is 2.38. The van der Waals surface area contributed by atoms with Crippen molar-refractivity contribution in [2.24, 2.45) is 5.73 Å². The van der Waals surface area contributed by atoms with Crippen LogP contribution in [0.15, 0.2) is 17.0 Å². The molecule has 4 nitrogen and oxygen atoms in total. The number of rotatable bonds is 5. The zero-order valence-corrected chi connectivity index (χ0v) is 11.2. The Bertz CT molecular complexity index is 609. The van der Waals surface area contributed by atoms with Gasteiger partial charge in [0, 0.05) is 13.1 Å². The fourth-order valence-corrected chi connectivity index (χ4v) is 3.02. The molecule has 0 heterocycles. The molecule has 0 amide bonds. The Morgan fingerprint density at radius 1 is 1.42 bits per heavy atom. The van der Waals surface area contributed by atoms with Crippen LogP contribution >= 0.6 is 0 Å². The van der Waals surface area contributed by atoms with E-state index in [1.54, 1.807) is 6.92 Å². The Morgan fingerprint density at radius 3 is 2.53 bits per heavy atom. The van der Waals surface area contributed by atoms with Crippen LogP contribution in [0, 0.1) is 24.0 Å². The van der Waals surface area contributed by atoms with Crippen LogP contribution in [-0.4, -0.2) is 25.8 Å². The van der Waals surface area contributed by atoms with Gasteiger partial charge in [-0.05, 0) is 17.7 Å². The topological polar surface area (TPSA) is 63.4 Å². The van der Waals surface area contributed by atoms with Gasteiger partial charge < -0.3 is 5.73 Å². The molecule has 1 rings (SSSR count). The van der Waals surface area contributed by atoms with Crippen LogP contribution in [0.25, 0.3) is 0 Å². The third-order valence-corrected chi connectivity index (χ3v) is 4.45. The van der Waals surface area contributed by atoms with Gasteiger partial charge in [0.1, 0.15) is 4.90 Å². The van der Waals surface area contributed by atoms with E-state index in [0.717, 1.165) is 16.4 Å². The first-order chi connectivity index (χ1) is 8.88. The van der Waals surface area contributed by atoms with Crippen molar-refractivity contribution in [1.82, 2.24) is 4.31 Å². The van der Waals surface area contributed by atoms with Gasteiger partial charge in [0.25, 0.3) is 0 Å². The smallest absolute Gasteiger partial charge is 0.246 e. The van der Waals surface area contributed by atoms with Crippen molar-refractivity contribution >= 4 is 10.0 Å². The van der Waals surface area contributed by atoms with Crippen LogP contribution in [0.5, 0.6) is 0 Å². The van der Waals surface area contributed by atoms with Gasteiger partial charge in [0.05, 0.1) is 6.54 Å². The molecule has 0 radical (unpaired) electrons. The highest BCUT2D eigenvalue weighted by molar-refractivity contribution is 7.89. The first kappa shape index (κ1) is 15.6. The maximum Gasteiger partial charge on any atom is 0.246 e. The largest absolute Gasteiger partial charge is 0.326 e. The maximum atomic E-state index is 13.7. The number of hydrogen-bond acceptors (Lipinski definition) is 3. The molecule has 0 atom stereocenters. The minimum absolute atomic E-state index is 0.0560. The van der Waals surface area contributed by atoms with Gasteiger partial charge >= 0.3 is 0 Å². The number of hydrogen-bond donors (Lipinski definition) is 1. The summed E-state index contributed by atoms with van der Waals surface area (Å²) >= 11 is 0. The number of sulfonamides is 1. The van der Waals surface area contributed by atoms with E-state index in [2.05, 4.69) is 5.92 Å². The molecule has 0 aliphatic heterocycles. The fraction of sp³-hybridized carbons (Fsp3) is 0.333. The van der Waals surface area contributed by atoms with Gasteiger partial charge in [0.2, 0.25) is 10.0 Å². The van der Waals surface area contributed by atoms with Gasteiger partial charge in [-0.2, -0.15) is 4.31 Å². The first-order valence-corrected chi connectivity index (χ1v) is 6.94. The Kier molecular flexibility index (Phi) is 5.00. The molecule has 0 aliphatic carbocycles. The summed E-state index contributed by atoms with van der Waals surface area (Å²) in [5.41, 5.74) is 5.51. The molecule has 0 saturated heterocycles. The summed E-state index contributed by atoms with van der Waals surface area (Å²) in [4.78, 5) is -0.745. The van der Waals surface area contributed by atoms with E-state index in [1.807, 2.05) is 0 Å². The molecule has 0 bridgehead atoms. The van der Waals surface area contributed by atoms with Crippen molar-refractivity contribution in [2.75, 3.05) is 13.1 Å². The highest BCUT2D eigenvalue weighted by Gasteiger charge is 2.28. The van der Waals surface area contributed by atoms with Gasteiger partial charge in [-0.3, -0.25) is 0 Å². The lowest BCUT2D eigenvalue weighted by atomic mass is 10.2. The predicted octanol–water partition coefficient (Wildman–Crippen LogP) is 1.07. The summed E-state index contributed by atoms with van der Waals surface area (Å²) in [7, 11) is -4.18. The number of nitrogens with zero attached hydrogens (tertiary/aromatic N) is 1. The molecular weight excluding hydrogens is 274 g/mol. The molecule has 1 aromatic rings. The minimum atomic E-state index is -4.18. The summed E-state index contributed by atoms with van der Waals surface area (Å²) in [6, 6.07) is 1.89. The first-order valence-electron chi connectivity index (χ1n) is 5.50. The molecule has 19 heavy (non-hydrogen) atoms. The lowest BCUT2D eigenvalue weighted by Crippen LogP contribution is -2.32. The van der Waals surface area contributed by atoms with Crippen molar-refractivity contribution < 1.29 is 17.2 Å². The molecule has 0 aromatic heterocycles. The Morgan fingerprint density at radius 2 is 2.05 bits per heavy atom. The van der Waals surface area contributed by atoms with Crippen LogP contribution in [0.2, 0.25) is 0 Å². The number of benzene rings is 1.